The first-order chi connectivity index (χ1) is 10.4. The Balaban J connectivity index is 3.09. The molecule has 0 aliphatic rings. The average Bonchev–Trinajstić information content (AvgIpc) is 2.52. The molecule has 1 rings (SSSR count). The van der Waals surface area contributed by atoms with Crippen LogP contribution in [0, 0.1) is 17.2 Å². The fourth-order valence-electron chi connectivity index (χ4n) is 2.49. The zero-order valence-corrected chi connectivity index (χ0v) is 13.3. The Hall–Kier alpha value is -2.35. The molecule has 0 saturated heterocycles. The maximum absolute atomic E-state index is 12.4. The second kappa shape index (κ2) is 8.18. The van der Waals surface area contributed by atoms with E-state index < -0.39 is 11.5 Å². The molecule has 0 aliphatic heterocycles. The largest absolute Gasteiger partial charge is 0.467 e. The summed E-state index contributed by atoms with van der Waals surface area (Å²) in [5.74, 6) is -0.695. The molecule has 5 nitrogen and oxygen atoms in total. The van der Waals surface area contributed by atoms with Crippen LogP contribution in [0.2, 0.25) is 0 Å². The Morgan fingerprint density at radius 1 is 1.32 bits per heavy atom. The Morgan fingerprint density at radius 2 is 1.95 bits per heavy atom. The first-order valence-electron chi connectivity index (χ1n) is 7.28. The van der Waals surface area contributed by atoms with Crippen LogP contribution in [0.25, 0.3) is 0 Å². The van der Waals surface area contributed by atoms with Crippen molar-refractivity contribution in [2.75, 3.05) is 7.11 Å². The third kappa shape index (κ3) is 4.59. The molecule has 0 spiro atoms. The maximum Gasteiger partial charge on any atom is 0.331 e. The minimum Gasteiger partial charge on any atom is -0.467 e. The summed E-state index contributed by atoms with van der Waals surface area (Å²) >= 11 is 0. The number of nitrogens with zero attached hydrogens (tertiary/aromatic N) is 1. The van der Waals surface area contributed by atoms with Crippen molar-refractivity contribution >= 4 is 11.9 Å². The van der Waals surface area contributed by atoms with E-state index >= 15 is 0 Å². The van der Waals surface area contributed by atoms with Crippen molar-refractivity contribution in [3.63, 3.8) is 0 Å². The van der Waals surface area contributed by atoms with Gasteiger partial charge in [-0.3, -0.25) is 4.79 Å². The molecule has 0 bridgehead atoms. The van der Waals surface area contributed by atoms with Crippen LogP contribution in [0.5, 0.6) is 0 Å². The van der Waals surface area contributed by atoms with E-state index in [0.717, 1.165) is 0 Å². The third-order valence-corrected chi connectivity index (χ3v) is 3.39. The molecule has 0 unspecified atom stereocenters. The molecular weight excluding hydrogens is 280 g/mol. The number of ether oxygens (including phenoxy) is 1. The monoisotopic (exact) mass is 302 g/mol. The van der Waals surface area contributed by atoms with Crippen LogP contribution in [-0.2, 0) is 9.53 Å². The van der Waals surface area contributed by atoms with Crippen LogP contribution < -0.4 is 5.32 Å². The number of methoxy groups -OCH3 is 1. The quantitative estimate of drug-likeness (QED) is 0.785. The van der Waals surface area contributed by atoms with Gasteiger partial charge in [0.1, 0.15) is 5.54 Å². The van der Waals surface area contributed by atoms with E-state index in [1.54, 1.807) is 24.3 Å². The standard InChI is InChI=1S/C17H22N2O3/c1-13(2)12-17(10-7-11-18,16(21)22-3)19-15(20)14-8-5-4-6-9-14/h4-6,8-9,13H,7,10,12H2,1-3H3,(H,19,20)/t17-/m0/s1. The predicted molar refractivity (Wildman–Crippen MR) is 83.0 cm³/mol. The smallest absolute Gasteiger partial charge is 0.331 e. The number of nitriles is 1. The van der Waals surface area contributed by atoms with Crippen molar-refractivity contribution < 1.29 is 14.3 Å². The molecule has 0 aliphatic carbocycles. The fraction of sp³-hybridized carbons (Fsp3) is 0.471. The van der Waals surface area contributed by atoms with E-state index in [9.17, 15) is 9.59 Å². The molecule has 1 aromatic carbocycles. The number of nitrogens with one attached hydrogen (secondary N) is 1. The van der Waals surface area contributed by atoms with Crippen molar-refractivity contribution in [3.05, 3.63) is 35.9 Å². The molecule has 5 heteroatoms. The molecule has 1 amide bonds. The number of hydrogen-bond acceptors (Lipinski definition) is 4. The summed E-state index contributed by atoms with van der Waals surface area (Å²) in [5.41, 5.74) is -0.706. The highest BCUT2D eigenvalue weighted by Crippen LogP contribution is 2.25. The molecule has 0 saturated carbocycles. The van der Waals surface area contributed by atoms with Crippen LogP contribution in [0.1, 0.15) is 43.5 Å². The van der Waals surface area contributed by atoms with Crippen molar-refractivity contribution in [2.45, 2.75) is 38.6 Å². The van der Waals surface area contributed by atoms with E-state index in [2.05, 4.69) is 5.32 Å². The normalized spacial score (nSPS) is 13.0. The third-order valence-electron chi connectivity index (χ3n) is 3.39. The van der Waals surface area contributed by atoms with Crippen LogP contribution in [0.15, 0.2) is 30.3 Å². The highest BCUT2D eigenvalue weighted by atomic mass is 16.5. The number of esters is 1. The van der Waals surface area contributed by atoms with Gasteiger partial charge in [0.2, 0.25) is 0 Å². The molecule has 0 heterocycles. The van der Waals surface area contributed by atoms with Gasteiger partial charge in [0, 0.05) is 12.0 Å². The Bertz CT molecular complexity index is 549. The summed E-state index contributed by atoms with van der Waals surface area (Å²) in [6, 6.07) is 10.7. The molecule has 0 radical (unpaired) electrons. The Morgan fingerprint density at radius 3 is 2.45 bits per heavy atom. The highest BCUT2D eigenvalue weighted by Gasteiger charge is 2.41. The average molecular weight is 302 g/mol. The van der Waals surface area contributed by atoms with Gasteiger partial charge in [-0.2, -0.15) is 5.26 Å². The second-order valence-corrected chi connectivity index (χ2v) is 5.65. The number of carbonyl (C=O) groups excluding carboxylic acids is 2. The van der Waals surface area contributed by atoms with Crippen LogP contribution >= 0.6 is 0 Å². The summed E-state index contributed by atoms with van der Waals surface area (Å²) in [5, 5.41) is 11.7. The molecule has 1 N–H and O–H groups in total. The summed E-state index contributed by atoms with van der Waals surface area (Å²) in [6.07, 6.45) is 0.809. The minimum absolute atomic E-state index is 0.161. The predicted octanol–water partition coefficient (Wildman–Crippen LogP) is 2.68. The SMILES string of the molecule is COC(=O)[C@](CCC#N)(CC(C)C)NC(=O)c1ccccc1. The van der Waals surface area contributed by atoms with Gasteiger partial charge in [0.05, 0.1) is 13.2 Å². The molecule has 0 aromatic heterocycles. The van der Waals surface area contributed by atoms with Crippen molar-refractivity contribution in [1.29, 1.82) is 5.26 Å². The van der Waals surface area contributed by atoms with Gasteiger partial charge in [-0.25, -0.2) is 4.79 Å². The second-order valence-electron chi connectivity index (χ2n) is 5.65. The topological polar surface area (TPSA) is 79.2 Å². The van der Waals surface area contributed by atoms with Gasteiger partial charge in [0.25, 0.3) is 5.91 Å². The summed E-state index contributed by atoms with van der Waals surface area (Å²) < 4.78 is 4.89. The summed E-state index contributed by atoms with van der Waals surface area (Å²) in [7, 11) is 1.29. The van der Waals surface area contributed by atoms with E-state index in [-0.39, 0.29) is 24.7 Å². The van der Waals surface area contributed by atoms with E-state index in [4.69, 9.17) is 10.00 Å². The zero-order valence-electron chi connectivity index (χ0n) is 13.3. The van der Waals surface area contributed by atoms with Gasteiger partial charge in [0.15, 0.2) is 0 Å². The molecule has 1 aromatic rings. The Kier molecular flexibility index (Phi) is 6.58. The van der Waals surface area contributed by atoms with E-state index in [1.165, 1.54) is 7.11 Å². The molecule has 0 fully saturated rings. The maximum atomic E-state index is 12.4. The van der Waals surface area contributed by atoms with E-state index in [0.29, 0.717) is 12.0 Å². The minimum atomic E-state index is -1.18. The molecule has 1 atom stereocenters. The van der Waals surface area contributed by atoms with Crippen molar-refractivity contribution in [2.24, 2.45) is 5.92 Å². The van der Waals surface area contributed by atoms with Gasteiger partial charge in [-0.1, -0.05) is 32.0 Å². The lowest BCUT2D eigenvalue weighted by Gasteiger charge is -2.33. The van der Waals surface area contributed by atoms with Gasteiger partial charge in [-0.15, -0.1) is 0 Å². The lowest BCUT2D eigenvalue weighted by molar-refractivity contribution is -0.149. The van der Waals surface area contributed by atoms with Crippen molar-refractivity contribution in [3.8, 4) is 6.07 Å². The van der Waals surface area contributed by atoms with Crippen LogP contribution in [0.4, 0.5) is 0 Å². The van der Waals surface area contributed by atoms with Crippen LogP contribution in [-0.4, -0.2) is 24.5 Å². The number of benzene rings is 1. The number of hydrogen-bond donors (Lipinski definition) is 1. The lowest BCUT2D eigenvalue weighted by atomic mass is 9.84. The first-order valence-corrected chi connectivity index (χ1v) is 7.28. The number of amides is 1. The van der Waals surface area contributed by atoms with Crippen LogP contribution in [0.3, 0.4) is 0 Å². The number of carbonyl (C=O) groups is 2. The van der Waals surface area contributed by atoms with Gasteiger partial charge >= 0.3 is 5.97 Å². The summed E-state index contributed by atoms with van der Waals surface area (Å²) in [4.78, 5) is 24.7. The number of rotatable bonds is 7. The Labute approximate surface area is 131 Å². The fourth-order valence-corrected chi connectivity index (χ4v) is 2.49. The zero-order chi connectivity index (χ0) is 16.6. The summed E-state index contributed by atoms with van der Waals surface area (Å²) in [6.45, 7) is 3.91. The van der Waals surface area contributed by atoms with Gasteiger partial charge in [-0.05, 0) is 30.9 Å². The molecular formula is C17H22N2O3. The van der Waals surface area contributed by atoms with Gasteiger partial charge < -0.3 is 10.1 Å². The lowest BCUT2D eigenvalue weighted by Crippen LogP contribution is -2.55. The highest BCUT2D eigenvalue weighted by molar-refractivity contribution is 5.98. The van der Waals surface area contributed by atoms with Crippen molar-refractivity contribution in [1.82, 2.24) is 5.32 Å². The van der Waals surface area contributed by atoms with E-state index in [1.807, 2.05) is 26.0 Å². The molecule has 118 valence electrons. The first kappa shape index (κ1) is 17.7. The molecule has 22 heavy (non-hydrogen) atoms.